The molecule has 5 nitrogen and oxygen atoms in total. The molecule has 1 aromatic heterocycles. The standard InChI is InChI=1S/C17H17N3O2/c1-22-14-6-4-5-13(9-14)10-18-17(21)11-20-12-19-15-7-2-3-8-16(15)20/h2-9,12H,10-11H2,1H3,(H,18,21). The molecule has 0 saturated carbocycles. The lowest BCUT2D eigenvalue weighted by atomic mass is 10.2. The highest BCUT2D eigenvalue weighted by Gasteiger charge is 2.07. The van der Waals surface area contributed by atoms with Gasteiger partial charge in [0, 0.05) is 6.54 Å². The van der Waals surface area contributed by atoms with E-state index in [0.29, 0.717) is 6.54 Å². The van der Waals surface area contributed by atoms with Crippen molar-refractivity contribution in [3.05, 3.63) is 60.4 Å². The zero-order valence-corrected chi connectivity index (χ0v) is 12.3. The molecular weight excluding hydrogens is 278 g/mol. The smallest absolute Gasteiger partial charge is 0.240 e. The van der Waals surface area contributed by atoms with E-state index >= 15 is 0 Å². The number of carbonyl (C=O) groups is 1. The highest BCUT2D eigenvalue weighted by molar-refractivity contribution is 5.80. The Morgan fingerprint density at radius 3 is 2.95 bits per heavy atom. The zero-order chi connectivity index (χ0) is 15.4. The molecule has 112 valence electrons. The molecule has 0 fully saturated rings. The van der Waals surface area contributed by atoms with Crippen LogP contribution in [0.1, 0.15) is 5.56 Å². The molecule has 0 aliphatic heterocycles. The number of methoxy groups -OCH3 is 1. The molecule has 1 N–H and O–H groups in total. The van der Waals surface area contributed by atoms with Gasteiger partial charge in [-0.05, 0) is 29.8 Å². The van der Waals surface area contributed by atoms with Crippen molar-refractivity contribution in [1.82, 2.24) is 14.9 Å². The first-order valence-electron chi connectivity index (χ1n) is 7.06. The van der Waals surface area contributed by atoms with E-state index in [0.717, 1.165) is 22.3 Å². The van der Waals surface area contributed by atoms with Gasteiger partial charge in [-0.25, -0.2) is 4.98 Å². The van der Waals surface area contributed by atoms with E-state index in [2.05, 4.69) is 10.3 Å². The summed E-state index contributed by atoms with van der Waals surface area (Å²) in [5.74, 6) is 0.735. The molecule has 3 aromatic rings. The summed E-state index contributed by atoms with van der Waals surface area (Å²) in [6.45, 7) is 0.729. The van der Waals surface area contributed by atoms with Gasteiger partial charge in [-0.3, -0.25) is 4.79 Å². The topological polar surface area (TPSA) is 56.1 Å². The Balaban J connectivity index is 1.63. The molecule has 0 bridgehead atoms. The van der Waals surface area contributed by atoms with Gasteiger partial charge < -0.3 is 14.6 Å². The Morgan fingerprint density at radius 2 is 2.09 bits per heavy atom. The maximum Gasteiger partial charge on any atom is 0.240 e. The third-order valence-corrected chi connectivity index (χ3v) is 3.47. The summed E-state index contributed by atoms with van der Waals surface area (Å²) in [5.41, 5.74) is 2.85. The third kappa shape index (κ3) is 3.09. The molecule has 0 unspecified atom stereocenters. The lowest BCUT2D eigenvalue weighted by Gasteiger charge is -2.08. The highest BCUT2D eigenvalue weighted by Crippen LogP contribution is 2.13. The van der Waals surface area contributed by atoms with Crippen LogP contribution in [0.5, 0.6) is 5.75 Å². The molecule has 2 aromatic carbocycles. The first-order valence-corrected chi connectivity index (χ1v) is 7.06. The number of nitrogens with zero attached hydrogens (tertiary/aromatic N) is 2. The number of aromatic nitrogens is 2. The van der Waals surface area contributed by atoms with Gasteiger partial charge in [-0.2, -0.15) is 0 Å². The summed E-state index contributed by atoms with van der Waals surface area (Å²) in [6, 6.07) is 15.4. The van der Waals surface area contributed by atoms with E-state index in [9.17, 15) is 4.79 Å². The fourth-order valence-corrected chi connectivity index (χ4v) is 2.33. The normalized spacial score (nSPS) is 10.6. The minimum absolute atomic E-state index is 0.0500. The summed E-state index contributed by atoms with van der Waals surface area (Å²) < 4.78 is 7.01. The van der Waals surface area contributed by atoms with Crippen LogP contribution < -0.4 is 10.1 Å². The molecule has 0 aliphatic rings. The molecule has 0 spiro atoms. The second kappa shape index (κ2) is 6.30. The van der Waals surface area contributed by atoms with E-state index in [1.54, 1.807) is 13.4 Å². The largest absolute Gasteiger partial charge is 0.497 e. The average molecular weight is 295 g/mol. The lowest BCUT2D eigenvalue weighted by Crippen LogP contribution is -2.26. The fraction of sp³-hybridized carbons (Fsp3) is 0.176. The number of benzene rings is 2. The number of hydrogen-bond donors (Lipinski definition) is 1. The van der Waals surface area contributed by atoms with Crippen LogP contribution in [0.15, 0.2) is 54.9 Å². The van der Waals surface area contributed by atoms with Gasteiger partial charge in [0.05, 0.1) is 24.5 Å². The number of fused-ring (bicyclic) bond motifs is 1. The predicted molar refractivity (Wildman–Crippen MR) is 84.6 cm³/mol. The molecule has 1 amide bonds. The van der Waals surface area contributed by atoms with E-state index in [4.69, 9.17) is 4.74 Å². The van der Waals surface area contributed by atoms with E-state index in [1.807, 2.05) is 53.1 Å². The van der Waals surface area contributed by atoms with Crippen molar-refractivity contribution in [3.63, 3.8) is 0 Å². The Morgan fingerprint density at radius 1 is 1.23 bits per heavy atom. The Hall–Kier alpha value is -2.82. The average Bonchev–Trinajstić information content (AvgIpc) is 2.96. The van der Waals surface area contributed by atoms with Crippen molar-refractivity contribution in [1.29, 1.82) is 0 Å². The minimum atomic E-state index is -0.0500. The molecule has 22 heavy (non-hydrogen) atoms. The third-order valence-electron chi connectivity index (χ3n) is 3.47. The first kappa shape index (κ1) is 14.1. The summed E-state index contributed by atoms with van der Waals surface area (Å²) in [7, 11) is 1.63. The summed E-state index contributed by atoms with van der Waals surface area (Å²) in [6.07, 6.45) is 1.69. The van der Waals surface area contributed by atoms with Crippen LogP contribution in [0.3, 0.4) is 0 Å². The monoisotopic (exact) mass is 295 g/mol. The number of nitrogens with one attached hydrogen (secondary N) is 1. The highest BCUT2D eigenvalue weighted by atomic mass is 16.5. The Kier molecular flexibility index (Phi) is 4.05. The Bertz CT molecular complexity index is 795. The number of amides is 1. The number of ether oxygens (including phenoxy) is 1. The first-order chi connectivity index (χ1) is 10.8. The molecular formula is C17H17N3O2. The molecule has 0 aliphatic carbocycles. The van der Waals surface area contributed by atoms with Crippen molar-refractivity contribution in [2.45, 2.75) is 13.1 Å². The number of para-hydroxylation sites is 2. The maximum atomic E-state index is 12.1. The summed E-state index contributed by atoms with van der Waals surface area (Å²) in [4.78, 5) is 16.4. The van der Waals surface area contributed by atoms with Crippen molar-refractivity contribution in [2.75, 3.05) is 7.11 Å². The van der Waals surface area contributed by atoms with Crippen LogP contribution in [-0.4, -0.2) is 22.6 Å². The number of imidazole rings is 1. The van der Waals surface area contributed by atoms with Crippen LogP contribution in [0.25, 0.3) is 11.0 Å². The van der Waals surface area contributed by atoms with Crippen molar-refractivity contribution in [3.8, 4) is 5.75 Å². The SMILES string of the molecule is COc1cccc(CNC(=O)Cn2cnc3ccccc32)c1. The second-order valence-corrected chi connectivity index (χ2v) is 4.99. The zero-order valence-electron chi connectivity index (χ0n) is 12.3. The van der Waals surface area contributed by atoms with E-state index in [-0.39, 0.29) is 12.5 Å². The lowest BCUT2D eigenvalue weighted by molar-refractivity contribution is -0.121. The van der Waals surface area contributed by atoms with Crippen LogP contribution >= 0.6 is 0 Å². The van der Waals surface area contributed by atoms with Gasteiger partial charge in [0.2, 0.25) is 5.91 Å². The number of rotatable bonds is 5. The van der Waals surface area contributed by atoms with Gasteiger partial charge in [0.15, 0.2) is 0 Å². The molecule has 0 atom stereocenters. The van der Waals surface area contributed by atoms with Crippen LogP contribution in [0.2, 0.25) is 0 Å². The van der Waals surface area contributed by atoms with Gasteiger partial charge >= 0.3 is 0 Å². The predicted octanol–water partition coefficient (Wildman–Crippen LogP) is 2.36. The molecule has 3 rings (SSSR count). The fourth-order valence-electron chi connectivity index (χ4n) is 2.33. The van der Waals surface area contributed by atoms with Gasteiger partial charge in [-0.1, -0.05) is 24.3 Å². The van der Waals surface area contributed by atoms with Crippen LogP contribution in [0.4, 0.5) is 0 Å². The molecule has 0 saturated heterocycles. The van der Waals surface area contributed by atoms with Crippen molar-refractivity contribution < 1.29 is 9.53 Å². The van der Waals surface area contributed by atoms with Gasteiger partial charge in [-0.15, -0.1) is 0 Å². The van der Waals surface area contributed by atoms with Gasteiger partial charge in [0.25, 0.3) is 0 Å². The summed E-state index contributed by atoms with van der Waals surface area (Å²) in [5, 5.41) is 2.91. The van der Waals surface area contributed by atoms with E-state index in [1.165, 1.54) is 0 Å². The van der Waals surface area contributed by atoms with Crippen LogP contribution in [-0.2, 0) is 17.9 Å². The number of carbonyl (C=O) groups excluding carboxylic acids is 1. The molecule has 0 radical (unpaired) electrons. The quantitative estimate of drug-likeness (QED) is 0.786. The van der Waals surface area contributed by atoms with Crippen molar-refractivity contribution in [2.24, 2.45) is 0 Å². The van der Waals surface area contributed by atoms with Crippen LogP contribution in [0, 0.1) is 0 Å². The van der Waals surface area contributed by atoms with Gasteiger partial charge in [0.1, 0.15) is 12.3 Å². The maximum absolute atomic E-state index is 12.1. The number of hydrogen-bond acceptors (Lipinski definition) is 3. The van der Waals surface area contributed by atoms with E-state index < -0.39 is 0 Å². The Labute approximate surface area is 128 Å². The summed E-state index contributed by atoms with van der Waals surface area (Å²) >= 11 is 0. The van der Waals surface area contributed by atoms with Crippen molar-refractivity contribution >= 4 is 16.9 Å². The molecule has 1 heterocycles. The second-order valence-electron chi connectivity index (χ2n) is 4.99. The molecule has 5 heteroatoms. The minimum Gasteiger partial charge on any atom is -0.497 e.